The molecule has 1 aliphatic heterocycles. The molecular formula is C29H37NO5. The molecule has 3 fully saturated rings. The Morgan fingerprint density at radius 3 is 2.74 bits per heavy atom. The van der Waals surface area contributed by atoms with Gasteiger partial charge in [0.1, 0.15) is 11.9 Å². The van der Waals surface area contributed by atoms with E-state index in [-0.39, 0.29) is 29.3 Å². The Bertz CT molecular complexity index is 1060. The highest BCUT2D eigenvalue weighted by atomic mass is 16.6. The lowest BCUT2D eigenvalue weighted by molar-refractivity contribution is -0.146. The summed E-state index contributed by atoms with van der Waals surface area (Å²) in [4.78, 5) is 15.5. The summed E-state index contributed by atoms with van der Waals surface area (Å²) in [7, 11) is 3.28. The number of hydrogen-bond acceptors (Lipinski definition) is 6. The van der Waals surface area contributed by atoms with Gasteiger partial charge in [0.15, 0.2) is 11.5 Å². The first-order chi connectivity index (χ1) is 16.9. The molecule has 1 saturated heterocycles. The molecule has 0 spiro atoms. The van der Waals surface area contributed by atoms with Crippen LogP contribution in [0.1, 0.15) is 50.4 Å². The normalized spacial score (nSPS) is 30.1. The Morgan fingerprint density at radius 2 is 2.00 bits per heavy atom. The number of ether oxygens (including phenoxy) is 3. The number of benzene rings is 1. The maximum absolute atomic E-state index is 13.2. The highest BCUT2D eigenvalue weighted by Crippen LogP contribution is 2.57. The van der Waals surface area contributed by atoms with Gasteiger partial charge in [0, 0.05) is 19.0 Å². The molecule has 35 heavy (non-hydrogen) atoms. The average Bonchev–Trinajstić information content (AvgIpc) is 3.45. The summed E-state index contributed by atoms with van der Waals surface area (Å²) in [5, 5.41) is 0. The largest absolute Gasteiger partial charge is 0.493 e. The van der Waals surface area contributed by atoms with E-state index in [1.807, 2.05) is 30.3 Å². The molecule has 5 atom stereocenters. The third-order valence-corrected chi connectivity index (χ3v) is 8.59. The number of hydrogen-bond donors (Lipinski definition) is 0. The third-order valence-electron chi connectivity index (χ3n) is 8.59. The Labute approximate surface area is 208 Å². The predicted octanol–water partition coefficient (Wildman–Crippen LogP) is 5.61. The molecule has 3 aliphatic rings. The first-order valence-corrected chi connectivity index (χ1v) is 12.7. The first-order valence-electron chi connectivity index (χ1n) is 12.7. The fourth-order valence-corrected chi connectivity index (χ4v) is 6.79. The number of nitrogens with zero attached hydrogens (tertiary/aromatic N) is 1. The van der Waals surface area contributed by atoms with Gasteiger partial charge in [-0.2, -0.15) is 0 Å². The molecule has 5 rings (SSSR count). The molecule has 188 valence electrons. The lowest BCUT2D eigenvalue weighted by Gasteiger charge is -2.50. The summed E-state index contributed by atoms with van der Waals surface area (Å²) >= 11 is 0. The molecule has 2 unspecified atom stereocenters. The molecule has 6 nitrogen and oxygen atoms in total. The van der Waals surface area contributed by atoms with E-state index in [2.05, 4.69) is 18.4 Å². The van der Waals surface area contributed by atoms with Crippen LogP contribution >= 0.6 is 0 Å². The van der Waals surface area contributed by atoms with E-state index >= 15 is 0 Å². The molecule has 0 N–H and O–H groups in total. The van der Waals surface area contributed by atoms with Crippen molar-refractivity contribution in [2.24, 2.45) is 23.2 Å². The van der Waals surface area contributed by atoms with Crippen LogP contribution in [0, 0.1) is 23.2 Å². The highest BCUT2D eigenvalue weighted by molar-refractivity contribution is 5.75. The molecule has 0 amide bonds. The van der Waals surface area contributed by atoms with Gasteiger partial charge in [0.25, 0.3) is 0 Å². The van der Waals surface area contributed by atoms with Crippen molar-refractivity contribution in [1.82, 2.24) is 4.90 Å². The second-order valence-electron chi connectivity index (χ2n) is 10.8. The number of furan rings is 1. The van der Waals surface area contributed by atoms with Crippen molar-refractivity contribution >= 4 is 5.97 Å². The van der Waals surface area contributed by atoms with Crippen LogP contribution in [0.3, 0.4) is 0 Å². The molecule has 1 aromatic carbocycles. The minimum atomic E-state index is -0.144. The summed E-state index contributed by atoms with van der Waals surface area (Å²) in [5.41, 5.74) is 2.67. The Hall–Kier alpha value is -2.73. The zero-order valence-corrected chi connectivity index (χ0v) is 21.1. The van der Waals surface area contributed by atoms with E-state index in [0.29, 0.717) is 37.1 Å². The standard InChI is InChI=1S/C29H37NO5/c1-19-7-5-11-29(2)15-27-22(14-24(19)29)23(28(31)35-27)18-30(17-21-8-6-12-34-21)16-20-9-10-25(32-3)26(13-20)33-4/h6,8-10,12-13,22-24,27H,1,5,7,11,14-18H2,2-4H3/t22-,23?,24?,27-,29-/m1/s1. The fourth-order valence-electron chi connectivity index (χ4n) is 6.79. The molecule has 2 saturated carbocycles. The lowest BCUT2D eigenvalue weighted by atomic mass is 9.55. The van der Waals surface area contributed by atoms with Gasteiger partial charge in [0.05, 0.1) is 32.9 Å². The number of rotatable bonds is 8. The molecule has 0 bridgehead atoms. The van der Waals surface area contributed by atoms with Crippen molar-refractivity contribution in [3.8, 4) is 11.5 Å². The first kappa shape index (κ1) is 24.0. The Kier molecular flexibility index (Phi) is 6.67. The van der Waals surface area contributed by atoms with E-state index in [4.69, 9.17) is 18.6 Å². The van der Waals surface area contributed by atoms with E-state index in [1.54, 1.807) is 20.5 Å². The average molecular weight is 480 g/mol. The lowest BCUT2D eigenvalue weighted by Crippen LogP contribution is -2.45. The minimum absolute atomic E-state index is 0.0196. The molecule has 2 aliphatic carbocycles. The quantitative estimate of drug-likeness (QED) is 0.362. The van der Waals surface area contributed by atoms with Crippen molar-refractivity contribution in [3.05, 3.63) is 60.1 Å². The van der Waals surface area contributed by atoms with Crippen molar-refractivity contribution in [2.45, 2.75) is 58.2 Å². The van der Waals surface area contributed by atoms with Crippen LogP contribution in [0.15, 0.2) is 53.2 Å². The zero-order chi connectivity index (χ0) is 24.6. The van der Waals surface area contributed by atoms with Crippen molar-refractivity contribution < 1.29 is 23.4 Å². The van der Waals surface area contributed by atoms with Crippen LogP contribution in [0.5, 0.6) is 11.5 Å². The third kappa shape index (κ3) is 4.73. The van der Waals surface area contributed by atoms with Crippen LogP contribution in [0.2, 0.25) is 0 Å². The number of methoxy groups -OCH3 is 2. The van der Waals surface area contributed by atoms with Crippen LogP contribution in [0.4, 0.5) is 0 Å². The van der Waals surface area contributed by atoms with Gasteiger partial charge in [-0.3, -0.25) is 9.69 Å². The summed E-state index contributed by atoms with van der Waals surface area (Å²) in [5.74, 6) is 2.81. The van der Waals surface area contributed by atoms with E-state index < -0.39 is 0 Å². The maximum Gasteiger partial charge on any atom is 0.310 e. The van der Waals surface area contributed by atoms with Gasteiger partial charge < -0.3 is 18.6 Å². The van der Waals surface area contributed by atoms with Gasteiger partial charge in [-0.1, -0.05) is 25.1 Å². The SMILES string of the molecule is C=C1CCC[C@]2(C)C[C@H]3OC(=O)C(CN(Cc4ccc(OC)c(OC)c4)Cc4ccco4)[C@H]3CC12. The smallest absolute Gasteiger partial charge is 0.310 e. The second-order valence-corrected chi connectivity index (χ2v) is 10.8. The van der Waals surface area contributed by atoms with Gasteiger partial charge in [0.2, 0.25) is 0 Å². The Morgan fingerprint density at radius 1 is 1.17 bits per heavy atom. The zero-order valence-electron chi connectivity index (χ0n) is 21.1. The monoisotopic (exact) mass is 479 g/mol. The maximum atomic E-state index is 13.2. The number of fused-ring (bicyclic) bond motifs is 2. The van der Waals surface area contributed by atoms with Gasteiger partial charge in [-0.25, -0.2) is 0 Å². The number of allylic oxidation sites excluding steroid dienone is 1. The van der Waals surface area contributed by atoms with Crippen LogP contribution in [-0.2, 0) is 22.6 Å². The molecule has 0 radical (unpaired) electrons. The van der Waals surface area contributed by atoms with Gasteiger partial charge in [-0.15, -0.1) is 0 Å². The van der Waals surface area contributed by atoms with E-state index in [1.165, 1.54) is 18.4 Å². The minimum Gasteiger partial charge on any atom is -0.493 e. The van der Waals surface area contributed by atoms with Gasteiger partial charge >= 0.3 is 5.97 Å². The number of carbonyl (C=O) groups is 1. The molecule has 2 heterocycles. The molecular weight excluding hydrogens is 442 g/mol. The second kappa shape index (κ2) is 9.73. The Balaban J connectivity index is 1.37. The molecule has 1 aromatic heterocycles. The van der Waals surface area contributed by atoms with Crippen LogP contribution < -0.4 is 9.47 Å². The summed E-state index contributed by atoms with van der Waals surface area (Å²) in [6, 6.07) is 9.86. The summed E-state index contributed by atoms with van der Waals surface area (Å²) < 4.78 is 22.6. The van der Waals surface area contributed by atoms with Crippen molar-refractivity contribution in [3.63, 3.8) is 0 Å². The van der Waals surface area contributed by atoms with Crippen molar-refractivity contribution in [1.29, 1.82) is 0 Å². The van der Waals surface area contributed by atoms with E-state index in [0.717, 1.165) is 30.6 Å². The van der Waals surface area contributed by atoms with E-state index in [9.17, 15) is 4.79 Å². The van der Waals surface area contributed by atoms with Crippen molar-refractivity contribution in [2.75, 3.05) is 20.8 Å². The number of carbonyl (C=O) groups excluding carboxylic acids is 1. The molecule has 6 heteroatoms. The number of esters is 1. The van der Waals surface area contributed by atoms with Gasteiger partial charge in [-0.05, 0) is 73.3 Å². The highest BCUT2D eigenvalue weighted by Gasteiger charge is 2.55. The summed E-state index contributed by atoms with van der Waals surface area (Å²) in [6.45, 7) is 8.72. The fraction of sp³-hybridized carbons (Fsp3) is 0.552. The predicted molar refractivity (Wildman–Crippen MR) is 133 cm³/mol. The summed E-state index contributed by atoms with van der Waals surface area (Å²) in [6.07, 6.45) is 7.18. The van der Waals surface area contributed by atoms with Crippen LogP contribution in [0.25, 0.3) is 0 Å². The van der Waals surface area contributed by atoms with Crippen LogP contribution in [-0.4, -0.2) is 37.7 Å². The topological polar surface area (TPSA) is 61.1 Å². The molecule has 2 aromatic rings.